The van der Waals surface area contributed by atoms with Crippen molar-refractivity contribution in [1.82, 2.24) is 4.90 Å². The molecule has 0 bridgehead atoms. The molecule has 6 nitrogen and oxygen atoms in total. The van der Waals surface area contributed by atoms with Crippen LogP contribution in [0.25, 0.3) is 0 Å². The molecule has 3 saturated heterocycles. The van der Waals surface area contributed by atoms with E-state index in [0.29, 0.717) is 17.3 Å². The largest absolute Gasteiger partial charge is 0.324 e. The summed E-state index contributed by atoms with van der Waals surface area (Å²) >= 11 is 6.15. The first-order valence-electron chi connectivity index (χ1n) is 10.7. The van der Waals surface area contributed by atoms with Gasteiger partial charge in [0.25, 0.3) is 0 Å². The predicted octanol–water partition coefficient (Wildman–Crippen LogP) is 3.39. The summed E-state index contributed by atoms with van der Waals surface area (Å²) in [6.07, 6.45) is 1.71. The van der Waals surface area contributed by atoms with E-state index in [1.807, 2.05) is 26.0 Å². The van der Waals surface area contributed by atoms with E-state index in [4.69, 9.17) is 11.6 Å². The molecule has 2 aromatic rings. The number of nitrogens with zero attached hydrogens (tertiary/aromatic N) is 2. The van der Waals surface area contributed by atoms with Gasteiger partial charge in [-0.3, -0.25) is 19.3 Å². The van der Waals surface area contributed by atoms with Gasteiger partial charge in [0.15, 0.2) is 0 Å². The first kappa shape index (κ1) is 19.0. The second-order valence-corrected chi connectivity index (χ2v) is 9.49. The monoisotopic (exact) mass is 435 g/mol. The molecule has 1 spiro atoms. The van der Waals surface area contributed by atoms with Gasteiger partial charge in [-0.25, -0.2) is 4.90 Å². The first-order chi connectivity index (χ1) is 14.9. The summed E-state index contributed by atoms with van der Waals surface area (Å²) in [5.41, 5.74) is 3.03. The van der Waals surface area contributed by atoms with Gasteiger partial charge in [0.1, 0.15) is 5.54 Å². The Morgan fingerprint density at radius 1 is 1.10 bits per heavy atom. The van der Waals surface area contributed by atoms with E-state index in [1.165, 1.54) is 4.90 Å². The van der Waals surface area contributed by atoms with Gasteiger partial charge in [0.05, 0.1) is 17.5 Å². The number of amides is 3. The van der Waals surface area contributed by atoms with Gasteiger partial charge < -0.3 is 5.32 Å². The van der Waals surface area contributed by atoms with Gasteiger partial charge in [0, 0.05) is 22.3 Å². The number of imide groups is 1. The Morgan fingerprint density at radius 2 is 1.90 bits per heavy atom. The molecule has 0 radical (unpaired) electrons. The average Bonchev–Trinajstić information content (AvgIpc) is 3.43. The molecule has 3 amide bonds. The second-order valence-electron chi connectivity index (χ2n) is 9.05. The number of anilines is 2. The zero-order valence-electron chi connectivity index (χ0n) is 17.3. The van der Waals surface area contributed by atoms with Crippen molar-refractivity contribution in [3.05, 3.63) is 58.1 Å². The third-order valence-corrected chi connectivity index (χ3v) is 8.00. The van der Waals surface area contributed by atoms with Crippen LogP contribution < -0.4 is 10.2 Å². The molecule has 0 aromatic heterocycles. The van der Waals surface area contributed by atoms with Crippen molar-refractivity contribution in [3.8, 4) is 0 Å². The fourth-order valence-corrected chi connectivity index (χ4v) is 6.57. The highest BCUT2D eigenvalue weighted by atomic mass is 35.5. The predicted molar refractivity (Wildman–Crippen MR) is 117 cm³/mol. The van der Waals surface area contributed by atoms with E-state index >= 15 is 0 Å². The van der Waals surface area contributed by atoms with Crippen LogP contribution in [0, 0.1) is 25.7 Å². The molecule has 4 aliphatic rings. The Balaban J connectivity index is 1.57. The zero-order chi connectivity index (χ0) is 21.7. The number of rotatable bonds is 1. The van der Waals surface area contributed by atoms with Crippen LogP contribution >= 0.6 is 11.6 Å². The van der Waals surface area contributed by atoms with E-state index in [2.05, 4.69) is 10.2 Å². The number of aryl methyl sites for hydroxylation is 1. The number of carbonyl (C=O) groups excluding carboxylic acids is 3. The number of fused-ring (bicyclic) bond motifs is 7. The normalized spacial score (nSPS) is 31.4. The van der Waals surface area contributed by atoms with Crippen molar-refractivity contribution in [2.24, 2.45) is 11.8 Å². The lowest BCUT2D eigenvalue weighted by atomic mass is 9.75. The summed E-state index contributed by atoms with van der Waals surface area (Å²) in [6, 6.07) is 10.6. The minimum absolute atomic E-state index is 0.121. The number of hydrogen-bond acceptors (Lipinski definition) is 4. The van der Waals surface area contributed by atoms with E-state index in [-0.39, 0.29) is 23.8 Å². The molecule has 2 aromatic carbocycles. The van der Waals surface area contributed by atoms with Gasteiger partial charge in [0.2, 0.25) is 17.7 Å². The Morgan fingerprint density at radius 3 is 2.68 bits per heavy atom. The summed E-state index contributed by atoms with van der Waals surface area (Å²) in [6.45, 7) is 4.70. The number of hydrogen-bond donors (Lipinski definition) is 1. The molecule has 0 unspecified atom stereocenters. The molecule has 3 fully saturated rings. The number of halogens is 1. The van der Waals surface area contributed by atoms with Crippen molar-refractivity contribution >= 4 is 40.7 Å². The van der Waals surface area contributed by atoms with Crippen LogP contribution in [0.5, 0.6) is 0 Å². The van der Waals surface area contributed by atoms with Gasteiger partial charge in [-0.05, 0) is 62.6 Å². The smallest absolute Gasteiger partial charge is 0.250 e. The Hall–Kier alpha value is -2.70. The van der Waals surface area contributed by atoms with Crippen LogP contribution in [0.15, 0.2) is 36.4 Å². The molecular weight excluding hydrogens is 414 g/mol. The number of benzene rings is 2. The fourth-order valence-electron chi connectivity index (χ4n) is 6.39. The SMILES string of the molecule is Cc1ccc2c(c1C)NC(=O)[C@@]21[C@@H]2C(=O)N(c3cccc(Cl)c3)C(=O)[C@H]2[C@H]2CCCN21. The molecule has 4 atom stereocenters. The summed E-state index contributed by atoms with van der Waals surface area (Å²) in [7, 11) is 0. The second kappa shape index (κ2) is 6.17. The summed E-state index contributed by atoms with van der Waals surface area (Å²) in [5.74, 6) is -2.01. The fraction of sp³-hybridized carbons (Fsp3) is 0.375. The van der Waals surface area contributed by atoms with Crippen molar-refractivity contribution in [2.45, 2.75) is 38.3 Å². The zero-order valence-corrected chi connectivity index (χ0v) is 18.1. The maximum Gasteiger partial charge on any atom is 0.250 e. The van der Waals surface area contributed by atoms with Crippen LogP contribution in [0.1, 0.15) is 29.5 Å². The lowest BCUT2D eigenvalue weighted by Crippen LogP contribution is -2.54. The van der Waals surface area contributed by atoms with Crippen molar-refractivity contribution in [2.75, 3.05) is 16.8 Å². The van der Waals surface area contributed by atoms with E-state index in [1.54, 1.807) is 24.3 Å². The highest BCUT2D eigenvalue weighted by Gasteiger charge is 2.74. The highest BCUT2D eigenvalue weighted by Crippen LogP contribution is 2.61. The molecule has 158 valence electrons. The quantitative estimate of drug-likeness (QED) is 0.697. The molecule has 4 aliphatic heterocycles. The Bertz CT molecular complexity index is 1190. The number of carbonyl (C=O) groups is 3. The Kier molecular flexibility index (Phi) is 3.79. The van der Waals surface area contributed by atoms with Crippen LogP contribution in [-0.2, 0) is 19.9 Å². The van der Waals surface area contributed by atoms with Crippen LogP contribution in [0.2, 0.25) is 5.02 Å². The van der Waals surface area contributed by atoms with Gasteiger partial charge in [-0.15, -0.1) is 0 Å². The van der Waals surface area contributed by atoms with Gasteiger partial charge in [-0.2, -0.15) is 0 Å². The molecule has 7 heteroatoms. The third kappa shape index (κ3) is 2.14. The van der Waals surface area contributed by atoms with Crippen LogP contribution in [-0.4, -0.2) is 35.2 Å². The minimum atomic E-state index is -1.14. The van der Waals surface area contributed by atoms with Crippen LogP contribution in [0.4, 0.5) is 11.4 Å². The van der Waals surface area contributed by atoms with Crippen LogP contribution in [0.3, 0.4) is 0 Å². The highest BCUT2D eigenvalue weighted by molar-refractivity contribution is 6.31. The summed E-state index contributed by atoms with van der Waals surface area (Å²) < 4.78 is 0. The molecule has 0 saturated carbocycles. The Labute approximate surface area is 185 Å². The third-order valence-electron chi connectivity index (χ3n) is 7.77. The van der Waals surface area contributed by atoms with Crippen molar-refractivity contribution in [3.63, 3.8) is 0 Å². The number of nitrogens with one attached hydrogen (secondary N) is 1. The van der Waals surface area contributed by atoms with E-state index in [9.17, 15) is 14.4 Å². The maximum absolute atomic E-state index is 13.9. The van der Waals surface area contributed by atoms with Crippen molar-refractivity contribution < 1.29 is 14.4 Å². The minimum Gasteiger partial charge on any atom is -0.324 e. The molecule has 4 heterocycles. The standard InChI is InChI=1S/C24H22ClN3O3/c1-12-8-9-16-20(13(12)2)26-23(31)24(16)19-18(17-7-4-10-27(17)24)21(29)28(22(19)30)15-6-3-5-14(25)11-15/h3,5-6,8-9,11,17-19H,4,7,10H2,1-2H3,(H,26,31)/t17-,18+,19+,24+/m1/s1. The summed E-state index contributed by atoms with van der Waals surface area (Å²) in [4.78, 5) is 44.6. The first-order valence-corrected chi connectivity index (χ1v) is 11.1. The van der Waals surface area contributed by atoms with Crippen molar-refractivity contribution in [1.29, 1.82) is 0 Å². The molecular formula is C24H22ClN3O3. The molecule has 31 heavy (non-hydrogen) atoms. The lowest BCUT2D eigenvalue weighted by Gasteiger charge is -2.36. The van der Waals surface area contributed by atoms with E-state index < -0.39 is 17.4 Å². The molecule has 0 aliphatic carbocycles. The lowest BCUT2D eigenvalue weighted by molar-refractivity contribution is -0.135. The molecule has 1 N–H and O–H groups in total. The maximum atomic E-state index is 13.9. The molecule has 6 rings (SSSR count). The van der Waals surface area contributed by atoms with Gasteiger partial charge in [-0.1, -0.05) is 29.8 Å². The topological polar surface area (TPSA) is 69.7 Å². The summed E-state index contributed by atoms with van der Waals surface area (Å²) in [5, 5.41) is 3.54. The van der Waals surface area contributed by atoms with E-state index in [0.717, 1.165) is 35.2 Å². The average molecular weight is 436 g/mol. The van der Waals surface area contributed by atoms with Gasteiger partial charge >= 0.3 is 0 Å².